The van der Waals surface area contributed by atoms with Gasteiger partial charge in [-0.2, -0.15) is 0 Å². The summed E-state index contributed by atoms with van der Waals surface area (Å²) < 4.78 is 10.6. The standard InChI is InChI=1S/C24H28ClNO5/c1-30-11-5-10-26-16-6-3-8-18(27)22(16)21(23-17(26)7-4-9-19(23)28)14-12-15(25)24(29)20(13-14)31-2/h12-13,21,29H,3-11H2,1-2H3. The Balaban J connectivity index is 1.91. The SMILES string of the molecule is COCCCN1C2=C(C(=O)CCC2)C(c2cc(Cl)c(O)c(OC)c2)C2=C1CCCC2=O. The van der Waals surface area contributed by atoms with E-state index in [4.69, 9.17) is 21.1 Å². The van der Waals surface area contributed by atoms with Gasteiger partial charge in [0, 0.05) is 61.6 Å². The van der Waals surface area contributed by atoms with E-state index in [2.05, 4.69) is 4.90 Å². The first-order chi connectivity index (χ1) is 15.0. The third kappa shape index (κ3) is 3.87. The molecule has 0 unspecified atom stereocenters. The number of carbonyl (C=O) groups is 2. The Hall–Kier alpha value is -2.31. The first-order valence-corrected chi connectivity index (χ1v) is 11.2. The fraction of sp³-hybridized carbons (Fsp3) is 0.500. The van der Waals surface area contributed by atoms with Crippen LogP contribution < -0.4 is 4.74 Å². The number of rotatable bonds is 6. The third-order valence-corrected chi connectivity index (χ3v) is 6.71. The van der Waals surface area contributed by atoms with Gasteiger partial charge in [-0.25, -0.2) is 0 Å². The van der Waals surface area contributed by atoms with Crippen LogP contribution in [0.2, 0.25) is 5.02 Å². The largest absolute Gasteiger partial charge is 0.503 e. The van der Waals surface area contributed by atoms with E-state index in [0.29, 0.717) is 36.2 Å². The second-order valence-corrected chi connectivity index (χ2v) is 8.67. The monoisotopic (exact) mass is 445 g/mol. The van der Waals surface area contributed by atoms with Crippen molar-refractivity contribution in [1.29, 1.82) is 0 Å². The zero-order valence-corrected chi connectivity index (χ0v) is 18.8. The predicted octanol–water partition coefficient (Wildman–Crippen LogP) is 4.50. The number of methoxy groups -OCH3 is 2. The molecule has 166 valence electrons. The molecule has 0 spiro atoms. The van der Waals surface area contributed by atoms with Gasteiger partial charge in [0.15, 0.2) is 23.1 Å². The molecule has 0 saturated heterocycles. The van der Waals surface area contributed by atoms with E-state index in [9.17, 15) is 14.7 Å². The molecular weight excluding hydrogens is 418 g/mol. The summed E-state index contributed by atoms with van der Waals surface area (Å²) in [5, 5.41) is 10.4. The highest BCUT2D eigenvalue weighted by molar-refractivity contribution is 6.32. The van der Waals surface area contributed by atoms with Crippen LogP contribution >= 0.6 is 11.6 Å². The number of halogens is 1. The highest BCUT2D eigenvalue weighted by Gasteiger charge is 2.43. The molecule has 1 aliphatic heterocycles. The molecule has 0 amide bonds. The Morgan fingerprint density at radius 2 is 1.65 bits per heavy atom. The van der Waals surface area contributed by atoms with Crippen LogP contribution in [0.15, 0.2) is 34.7 Å². The maximum absolute atomic E-state index is 13.2. The van der Waals surface area contributed by atoms with Crippen molar-refractivity contribution < 1.29 is 24.2 Å². The van der Waals surface area contributed by atoms with E-state index >= 15 is 0 Å². The molecule has 0 atom stereocenters. The molecule has 1 N–H and O–H groups in total. The minimum absolute atomic E-state index is 0.0797. The molecular formula is C24H28ClNO5. The van der Waals surface area contributed by atoms with Crippen molar-refractivity contribution in [3.8, 4) is 11.5 Å². The van der Waals surface area contributed by atoms with Crippen molar-refractivity contribution in [2.45, 2.75) is 50.9 Å². The summed E-state index contributed by atoms with van der Waals surface area (Å²) in [4.78, 5) is 28.7. The molecule has 1 aromatic rings. The van der Waals surface area contributed by atoms with E-state index in [1.54, 1.807) is 19.2 Å². The van der Waals surface area contributed by atoms with Gasteiger partial charge in [-0.3, -0.25) is 9.59 Å². The Morgan fingerprint density at radius 1 is 1.03 bits per heavy atom. The van der Waals surface area contributed by atoms with Crippen molar-refractivity contribution >= 4 is 23.2 Å². The number of phenolic OH excluding ortho intramolecular Hbond substituents is 1. The van der Waals surface area contributed by atoms with Gasteiger partial charge in [0.1, 0.15) is 0 Å². The van der Waals surface area contributed by atoms with E-state index < -0.39 is 5.92 Å². The number of allylic oxidation sites excluding steroid dienone is 4. The smallest absolute Gasteiger partial charge is 0.176 e. The van der Waals surface area contributed by atoms with Crippen LogP contribution in [0.3, 0.4) is 0 Å². The number of aromatic hydroxyl groups is 1. The van der Waals surface area contributed by atoms with Gasteiger partial charge >= 0.3 is 0 Å². The molecule has 7 heteroatoms. The summed E-state index contributed by atoms with van der Waals surface area (Å²) >= 11 is 6.30. The third-order valence-electron chi connectivity index (χ3n) is 6.42. The number of carbonyl (C=O) groups excluding carboxylic acids is 2. The van der Waals surface area contributed by atoms with Crippen LogP contribution in [0.25, 0.3) is 0 Å². The maximum Gasteiger partial charge on any atom is 0.176 e. The van der Waals surface area contributed by atoms with E-state index in [-0.39, 0.29) is 28.1 Å². The van der Waals surface area contributed by atoms with Crippen LogP contribution in [-0.4, -0.2) is 48.9 Å². The number of benzene rings is 1. The number of ether oxygens (including phenoxy) is 2. The van der Waals surface area contributed by atoms with Gasteiger partial charge < -0.3 is 19.5 Å². The fourth-order valence-electron chi connectivity index (χ4n) is 5.10. The summed E-state index contributed by atoms with van der Waals surface area (Å²) in [5.41, 5.74) is 4.15. The average Bonchev–Trinajstić information content (AvgIpc) is 2.76. The Bertz CT molecular complexity index is 936. The van der Waals surface area contributed by atoms with Crippen molar-refractivity contribution in [1.82, 2.24) is 4.90 Å². The summed E-state index contributed by atoms with van der Waals surface area (Å²) in [6.45, 7) is 1.34. The normalized spacial score (nSPS) is 19.6. The van der Waals surface area contributed by atoms with Crippen molar-refractivity contribution in [3.63, 3.8) is 0 Å². The number of ketones is 2. The van der Waals surface area contributed by atoms with E-state index in [1.165, 1.54) is 7.11 Å². The van der Waals surface area contributed by atoms with Crippen LogP contribution in [-0.2, 0) is 14.3 Å². The van der Waals surface area contributed by atoms with E-state index in [1.807, 2.05) is 0 Å². The van der Waals surface area contributed by atoms with Crippen LogP contribution in [0.4, 0.5) is 0 Å². The van der Waals surface area contributed by atoms with Gasteiger partial charge in [-0.1, -0.05) is 11.6 Å². The summed E-state index contributed by atoms with van der Waals surface area (Å²) in [6, 6.07) is 3.36. The van der Waals surface area contributed by atoms with Crippen LogP contribution in [0.5, 0.6) is 11.5 Å². The molecule has 1 heterocycles. The molecule has 2 aliphatic carbocycles. The number of hydrogen-bond donors (Lipinski definition) is 1. The highest BCUT2D eigenvalue weighted by atomic mass is 35.5. The molecule has 6 nitrogen and oxygen atoms in total. The average molecular weight is 446 g/mol. The van der Waals surface area contributed by atoms with Gasteiger partial charge in [-0.05, 0) is 49.8 Å². The zero-order valence-electron chi connectivity index (χ0n) is 18.0. The Morgan fingerprint density at radius 3 is 2.19 bits per heavy atom. The lowest BCUT2D eigenvalue weighted by atomic mass is 9.71. The predicted molar refractivity (Wildman–Crippen MR) is 117 cm³/mol. The fourth-order valence-corrected chi connectivity index (χ4v) is 5.32. The Kier molecular flexibility index (Phi) is 6.39. The maximum atomic E-state index is 13.2. The van der Waals surface area contributed by atoms with Crippen molar-refractivity contribution in [3.05, 3.63) is 45.3 Å². The lowest BCUT2D eigenvalue weighted by molar-refractivity contribution is -0.117. The minimum Gasteiger partial charge on any atom is -0.503 e. The summed E-state index contributed by atoms with van der Waals surface area (Å²) in [5.74, 6) is -0.220. The number of Topliss-reactive ketones (excluding diaryl/α,β-unsaturated/α-hetero) is 2. The summed E-state index contributed by atoms with van der Waals surface area (Å²) in [6.07, 6.45) is 4.98. The van der Waals surface area contributed by atoms with Gasteiger partial charge in [-0.15, -0.1) is 0 Å². The minimum atomic E-state index is -0.476. The molecule has 31 heavy (non-hydrogen) atoms. The second kappa shape index (κ2) is 9.05. The topological polar surface area (TPSA) is 76.1 Å². The van der Waals surface area contributed by atoms with Crippen LogP contribution in [0.1, 0.15) is 56.4 Å². The van der Waals surface area contributed by atoms with Gasteiger partial charge in [0.25, 0.3) is 0 Å². The number of nitrogens with zero attached hydrogens (tertiary/aromatic N) is 1. The van der Waals surface area contributed by atoms with Crippen LogP contribution in [0, 0.1) is 0 Å². The number of phenols is 1. The molecule has 1 aromatic carbocycles. The molecule has 0 bridgehead atoms. The lowest BCUT2D eigenvalue weighted by Gasteiger charge is -2.44. The molecule has 0 radical (unpaired) electrons. The first-order valence-electron chi connectivity index (χ1n) is 10.8. The molecule has 4 rings (SSSR count). The van der Waals surface area contributed by atoms with Gasteiger partial charge in [0.05, 0.1) is 12.1 Å². The molecule has 0 aromatic heterocycles. The molecule has 0 saturated carbocycles. The second-order valence-electron chi connectivity index (χ2n) is 8.26. The molecule has 0 fully saturated rings. The van der Waals surface area contributed by atoms with Gasteiger partial charge in [0.2, 0.25) is 0 Å². The molecule has 3 aliphatic rings. The zero-order chi connectivity index (χ0) is 22.1. The quantitative estimate of drug-likeness (QED) is 0.649. The van der Waals surface area contributed by atoms with Crippen molar-refractivity contribution in [2.75, 3.05) is 27.4 Å². The first kappa shape index (κ1) is 21.9. The van der Waals surface area contributed by atoms with Crippen molar-refractivity contribution in [2.24, 2.45) is 0 Å². The highest BCUT2D eigenvalue weighted by Crippen LogP contribution is 2.50. The lowest BCUT2D eigenvalue weighted by Crippen LogP contribution is -2.39. The number of hydrogen-bond acceptors (Lipinski definition) is 6. The Labute approximate surface area is 187 Å². The summed E-state index contributed by atoms with van der Waals surface area (Å²) in [7, 11) is 3.14. The van der Waals surface area contributed by atoms with E-state index in [0.717, 1.165) is 50.0 Å².